The highest BCUT2D eigenvalue weighted by Crippen LogP contribution is 2.28. The lowest BCUT2D eigenvalue weighted by Crippen LogP contribution is -2.06. The summed E-state index contributed by atoms with van der Waals surface area (Å²) in [6.45, 7) is 0.763. The maximum absolute atomic E-state index is 5.79. The highest BCUT2D eigenvalue weighted by molar-refractivity contribution is 7.71. The van der Waals surface area contributed by atoms with E-state index in [9.17, 15) is 0 Å². The molecule has 0 bridgehead atoms. The second kappa shape index (κ2) is 7.51. The third-order valence-corrected chi connectivity index (χ3v) is 4.83. The van der Waals surface area contributed by atoms with Gasteiger partial charge in [-0.3, -0.25) is 0 Å². The van der Waals surface area contributed by atoms with Crippen molar-refractivity contribution < 1.29 is 0 Å². The smallest absolute Gasteiger partial charge is 0.107 e. The Bertz CT molecular complexity index is 1050. The molecule has 4 aromatic rings. The molecule has 26 heavy (non-hydrogen) atoms. The number of hydrogen-bond donors (Lipinski definition) is 0. The summed E-state index contributed by atoms with van der Waals surface area (Å²) in [5, 5.41) is 0. The van der Waals surface area contributed by atoms with Crippen LogP contribution in [0.15, 0.2) is 103 Å². The van der Waals surface area contributed by atoms with E-state index < -0.39 is 0 Å². The Morgan fingerprint density at radius 2 is 1.12 bits per heavy atom. The highest BCUT2D eigenvalue weighted by Gasteiger charge is 2.09. The average Bonchev–Trinajstić information content (AvgIpc) is 2.71. The molecule has 0 amide bonds. The molecule has 0 N–H and O–H groups in total. The van der Waals surface area contributed by atoms with Gasteiger partial charge in [-0.15, -0.1) is 0 Å². The molecule has 0 aliphatic heterocycles. The fourth-order valence-electron chi connectivity index (χ4n) is 3.17. The number of aromatic nitrogens is 1. The van der Waals surface area contributed by atoms with Gasteiger partial charge in [0.2, 0.25) is 0 Å². The van der Waals surface area contributed by atoms with Gasteiger partial charge in [-0.25, -0.2) is 0 Å². The minimum atomic E-state index is 0.763. The van der Waals surface area contributed by atoms with E-state index in [0.717, 1.165) is 22.4 Å². The standard InChI is InChI=1S/C24H19NS/c26-24-17-22(20-12-6-2-7-13-20)16-23(21-14-8-3-9-15-21)25(24)18-19-10-4-1-5-11-19/h1-17H,18H2. The Hall–Kier alpha value is -2.97. The molecule has 0 aliphatic carbocycles. The molecule has 1 heterocycles. The molecule has 3 aromatic carbocycles. The lowest BCUT2D eigenvalue weighted by atomic mass is 10.0. The van der Waals surface area contributed by atoms with Crippen molar-refractivity contribution in [3.63, 3.8) is 0 Å². The minimum absolute atomic E-state index is 0.763. The predicted octanol–water partition coefficient (Wildman–Crippen LogP) is 6.60. The third kappa shape index (κ3) is 3.51. The van der Waals surface area contributed by atoms with Crippen LogP contribution in [0.5, 0.6) is 0 Å². The minimum Gasteiger partial charge on any atom is -0.328 e. The van der Waals surface area contributed by atoms with Crippen molar-refractivity contribution in [3.8, 4) is 22.4 Å². The van der Waals surface area contributed by atoms with E-state index in [2.05, 4.69) is 89.5 Å². The van der Waals surface area contributed by atoms with Gasteiger partial charge in [0.25, 0.3) is 0 Å². The van der Waals surface area contributed by atoms with E-state index >= 15 is 0 Å². The third-order valence-electron chi connectivity index (χ3n) is 4.49. The first-order valence-corrected chi connectivity index (χ1v) is 9.12. The van der Waals surface area contributed by atoms with Crippen molar-refractivity contribution in [3.05, 3.63) is 113 Å². The summed E-state index contributed by atoms with van der Waals surface area (Å²) in [7, 11) is 0. The Balaban J connectivity index is 1.89. The van der Waals surface area contributed by atoms with Gasteiger partial charge in [0.05, 0.1) is 0 Å². The average molecular weight is 353 g/mol. The van der Waals surface area contributed by atoms with E-state index in [1.807, 2.05) is 18.2 Å². The zero-order valence-electron chi connectivity index (χ0n) is 14.4. The molecule has 0 unspecified atom stereocenters. The zero-order chi connectivity index (χ0) is 17.8. The molecule has 4 rings (SSSR count). The van der Waals surface area contributed by atoms with Gasteiger partial charge in [0.15, 0.2) is 0 Å². The summed E-state index contributed by atoms with van der Waals surface area (Å²) < 4.78 is 3.06. The Morgan fingerprint density at radius 1 is 0.577 bits per heavy atom. The zero-order valence-corrected chi connectivity index (χ0v) is 15.2. The number of hydrogen-bond acceptors (Lipinski definition) is 1. The molecular formula is C24H19NS. The molecule has 0 fully saturated rings. The Labute approximate surface area is 159 Å². The summed E-state index contributed by atoms with van der Waals surface area (Å²) in [6.07, 6.45) is 0. The molecule has 0 radical (unpaired) electrons. The summed E-state index contributed by atoms with van der Waals surface area (Å²) in [4.78, 5) is 0. The highest BCUT2D eigenvalue weighted by atomic mass is 32.1. The summed E-state index contributed by atoms with van der Waals surface area (Å²) in [6, 6.07) is 35.7. The summed E-state index contributed by atoms with van der Waals surface area (Å²) in [5.41, 5.74) is 5.89. The van der Waals surface area contributed by atoms with Gasteiger partial charge in [0, 0.05) is 12.2 Å². The fraction of sp³-hybridized carbons (Fsp3) is 0.0417. The summed E-state index contributed by atoms with van der Waals surface area (Å²) >= 11 is 5.79. The van der Waals surface area contributed by atoms with E-state index in [-0.39, 0.29) is 0 Å². The van der Waals surface area contributed by atoms with Gasteiger partial charge >= 0.3 is 0 Å². The number of pyridine rings is 1. The lowest BCUT2D eigenvalue weighted by Gasteiger charge is -2.17. The number of nitrogens with zero attached hydrogens (tertiary/aromatic N) is 1. The first-order valence-electron chi connectivity index (χ1n) is 8.71. The van der Waals surface area contributed by atoms with Crippen LogP contribution in [0, 0.1) is 4.64 Å². The normalized spacial score (nSPS) is 10.6. The van der Waals surface area contributed by atoms with Crippen LogP contribution in [0.4, 0.5) is 0 Å². The Morgan fingerprint density at radius 3 is 1.73 bits per heavy atom. The lowest BCUT2D eigenvalue weighted by molar-refractivity contribution is 0.788. The predicted molar refractivity (Wildman–Crippen MR) is 112 cm³/mol. The molecule has 126 valence electrons. The summed E-state index contributed by atoms with van der Waals surface area (Å²) in [5.74, 6) is 0. The van der Waals surface area contributed by atoms with Gasteiger partial charge in [-0.1, -0.05) is 103 Å². The van der Waals surface area contributed by atoms with E-state index in [4.69, 9.17) is 12.2 Å². The van der Waals surface area contributed by atoms with Gasteiger partial charge in [0.1, 0.15) is 4.64 Å². The Kier molecular flexibility index (Phi) is 4.76. The van der Waals surface area contributed by atoms with E-state index in [1.54, 1.807) is 0 Å². The number of rotatable bonds is 4. The number of benzene rings is 3. The van der Waals surface area contributed by atoms with E-state index in [0.29, 0.717) is 0 Å². The van der Waals surface area contributed by atoms with Crippen LogP contribution in [0.25, 0.3) is 22.4 Å². The second-order valence-electron chi connectivity index (χ2n) is 6.27. The van der Waals surface area contributed by atoms with Gasteiger partial charge < -0.3 is 4.57 Å². The van der Waals surface area contributed by atoms with Crippen molar-refractivity contribution in [2.75, 3.05) is 0 Å². The van der Waals surface area contributed by atoms with Crippen molar-refractivity contribution in [2.24, 2.45) is 0 Å². The van der Waals surface area contributed by atoms with Crippen molar-refractivity contribution in [2.45, 2.75) is 6.54 Å². The maximum Gasteiger partial charge on any atom is 0.107 e. The largest absolute Gasteiger partial charge is 0.328 e. The van der Waals surface area contributed by atoms with Crippen LogP contribution in [-0.2, 0) is 6.54 Å². The van der Waals surface area contributed by atoms with E-state index in [1.165, 1.54) is 16.7 Å². The van der Waals surface area contributed by atoms with Crippen LogP contribution in [0.2, 0.25) is 0 Å². The fourth-order valence-corrected chi connectivity index (χ4v) is 3.46. The van der Waals surface area contributed by atoms with Crippen LogP contribution in [-0.4, -0.2) is 4.57 Å². The molecule has 0 spiro atoms. The first-order chi connectivity index (χ1) is 12.8. The van der Waals surface area contributed by atoms with Crippen LogP contribution in [0.1, 0.15) is 5.56 Å². The molecule has 0 saturated heterocycles. The topological polar surface area (TPSA) is 4.93 Å². The maximum atomic E-state index is 5.79. The molecule has 0 aliphatic rings. The second-order valence-corrected chi connectivity index (χ2v) is 6.69. The van der Waals surface area contributed by atoms with Gasteiger partial charge in [-0.2, -0.15) is 0 Å². The molecule has 2 heteroatoms. The molecule has 1 aromatic heterocycles. The van der Waals surface area contributed by atoms with Crippen LogP contribution >= 0.6 is 12.2 Å². The molecule has 1 nitrogen and oxygen atoms in total. The SMILES string of the molecule is S=c1cc(-c2ccccc2)cc(-c2ccccc2)n1Cc1ccccc1. The quantitative estimate of drug-likeness (QED) is 0.374. The van der Waals surface area contributed by atoms with Crippen molar-refractivity contribution in [1.82, 2.24) is 4.57 Å². The van der Waals surface area contributed by atoms with Crippen molar-refractivity contribution >= 4 is 12.2 Å². The van der Waals surface area contributed by atoms with Gasteiger partial charge in [-0.05, 0) is 34.4 Å². The molecule has 0 atom stereocenters. The van der Waals surface area contributed by atoms with Crippen molar-refractivity contribution in [1.29, 1.82) is 0 Å². The first kappa shape index (κ1) is 16.5. The molecular weight excluding hydrogens is 334 g/mol. The van der Waals surface area contributed by atoms with Crippen LogP contribution in [0.3, 0.4) is 0 Å². The molecule has 0 saturated carbocycles. The van der Waals surface area contributed by atoms with Crippen LogP contribution < -0.4 is 0 Å². The monoisotopic (exact) mass is 353 g/mol.